The summed E-state index contributed by atoms with van der Waals surface area (Å²) in [5.41, 5.74) is 1.21. The van der Waals surface area contributed by atoms with Crippen LogP contribution in [0.3, 0.4) is 0 Å². The average molecular weight is 446 g/mol. The molecule has 1 aromatic carbocycles. The normalized spacial score (nSPS) is 15.6. The van der Waals surface area contributed by atoms with Gasteiger partial charge < -0.3 is 20.3 Å². The summed E-state index contributed by atoms with van der Waals surface area (Å²) < 4.78 is 5.66. The summed E-state index contributed by atoms with van der Waals surface area (Å²) >= 11 is 0. The van der Waals surface area contributed by atoms with Gasteiger partial charge in [0.05, 0.1) is 13.2 Å². The van der Waals surface area contributed by atoms with Crippen molar-refractivity contribution < 1.29 is 4.74 Å². The van der Waals surface area contributed by atoms with Gasteiger partial charge in [-0.05, 0) is 31.5 Å². The molecule has 1 saturated heterocycles. The van der Waals surface area contributed by atoms with Gasteiger partial charge in [0.2, 0.25) is 0 Å². The summed E-state index contributed by atoms with van der Waals surface area (Å²) in [4.78, 5) is 6.77. The van der Waals surface area contributed by atoms with E-state index in [1.165, 1.54) is 37.9 Å². The molecule has 24 heavy (non-hydrogen) atoms. The third kappa shape index (κ3) is 8.84. The van der Waals surface area contributed by atoms with E-state index >= 15 is 0 Å². The van der Waals surface area contributed by atoms with Gasteiger partial charge in [0, 0.05) is 26.7 Å². The number of halogens is 1. The predicted molar refractivity (Wildman–Crippen MR) is 111 cm³/mol. The predicted octanol–water partition coefficient (Wildman–Crippen LogP) is 2.47. The van der Waals surface area contributed by atoms with E-state index in [-0.39, 0.29) is 24.0 Å². The van der Waals surface area contributed by atoms with Crippen molar-refractivity contribution >= 4 is 29.9 Å². The summed E-state index contributed by atoms with van der Waals surface area (Å²) in [6, 6.07) is 10.2. The molecular weight excluding hydrogens is 415 g/mol. The van der Waals surface area contributed by atoms with E-state index in [9.17, 15) is 0 Å². The van der Waals surface area contributed by atoms with E-state index in [1.54, 1.807) is 7.05 Å². The maximum Gasteiger partial charge on any atom is 0.191 e. The van der Waals surface area contributed by atoms with Gasteiger partial charge in [0.15, 0.2) is 5.96 Å². The SMILES string of the molecule is CN=C(NCCOCc1ccccc1)NCCN1CCCCC1.I. The smallest absolute Gasteiger partial charge is 0.191 e. The van der Waals surface area contributed by atoms with Crippen LogP contribution >= 0.6 is 24.0 Å². The fourth-order valence-corrected chi connectivity index (χ4v) is 2.74. The Morgan fingerprint density at radius 2 is 1.79 bits per heavy atom. The van der Waals surface area contributed by atoms with Crippen molar-refractivity contribution in [3.63, 3.8) is 0 Å². The lowest BCUT2D eigenvalue weighted by Gasteiger charge is -2.26. The van der Waals surface area contributed by atoms with E-state index in [2.05, 4.69) is 32.7 Å². The second kappa shape index (κ2) is 13.4. The molecule has 0 saturated carbocycles. The number of hydrogen-bond donors (Lipinski definition) is 2. The van der Waals surface area contributed by atoms with E-state index in [4.69, 9.17) is 4.74 Å². The number of guanidine groups is 1. The molecule has 1 fully saturated rings. The van der Waals surface area contributed by atoms with Crippen LogP contribution in [0.4, 0.5) is 0 Å². The van der Waals surface area contributed by atoms with E-state index in [0.29, 0.717) is 13.2 Å². The summed E-state index contributed by atoms with van der Waals surface area (Å²) in [5.74, 6) is 0.852. The number of benzene rings is 1. The first kappa shape index (κ1) is 21.2. The number of piperidine rings is 1. The number of likely N-dealkylation sites (tertiary alicyclic amines) is 1. The average Bonchev–Trinajstić information content (AvgIpc) is 2.61. The van der Waals surface area contributed by atoms with Crippen molar-refractivity contribution in [2.75, 3.05) is 46.4 Å². The van der Waals surface area contributed by atoms with Crippen molar-refractivity contribution in [1.29, 1.82) is 0 Å². The van der Waals surface area contributed by atoms with Gasteiger partial charge in [-0.1, -0.05) is 36.8 Å². The third-order valence-corrected chi connectivity index (χ3v) is 4.04. The first-order valence-corrected chi connectivity index (χ1v) is 8.67. The third-order valence-electron chi connectivity index (χ3n) is 4.04. The Bertz CT molecular complexity index is 450. The van der Waals surface area contributed by atoms with Crippen molar-refractivity contribution in [3.8, 4) is 0 Å². The molecule has 0 atom stereocenters. The molecule has 136 valence electrons. The minimum absolute atomic E-state index is 0. The number of rotatable bonds is 8. The first-order chi connectivity index (χ1) is 11.4. The fraction of sp³-hybridized carbons (Fsp3) is 0.611. The summed E-state index contributed by atoms with van der Waals surface area (Å²) in [6.45, 7) is 6.58. The van der Waals surface area contributed by atoms with Gasteiger partial charge in [-0.3, -0.25) is 4.99 Å². The minimum atomic E-state index is 0. The number of aliphatic imine (C=N–C) groups is 1. The molecule has 0 spiro atoms. The highest BCUT2D eigenvalue weighted by atomic mass is 127. The van der Waals surface area contributed by atoms with Gasteiger partial charge in [0.25, 0.3) is 0 Å². The number of hydrogen-bond acceptors (Lipinski definition) is 3. The van der Waals surface area contributed by atoms with E-state index < -0.39 is 0 Å². The zero-order valence-corrected chi connectivity index (χ0v) is 17.0. The topological polar surface area (TPSA) is 48.9 Å². The fourth-order valence-electron chi connectivity index (χ4n) is 2.74. The zero-order valence-electron chi connectivity index (χ0n) is 14.7. The lowest BCUT2D eigenvalue weighted by atomic mass is 10.1. The van der Waals surface area contributed by atoms with Crippen LogP contribution < -0.4 is 10.6 Å². The molecule has 0 aromatic heterocycles. The Labute approximate surface area is 163 Å². The molecule has 5 nitrogen and oxygen atoms in total. The van der Waals surface area contributed by atoms with E-state index in [0.717, 1.165) is 25.6 Å². The largest absolute Gasteiger partial charge is 0.375 e. The van der Waals surface area contributed by atoms with Gasteiger partial charge in [0.1, 0.15) is 0 Å². The van der Waals surface area contributed by atoms with Gasteiger partial charge in [-0.15, -0.1) is 24.0 Å². The Morgan fingerprint density at radius 1 is 1.08 bits per heavy atom. The second-order valence-corrected chi connectivity index (χ2v) is 5.87. The van der Waals surface area contributed by atoms with Crippen LogP contribution in [-0.2, 0) is 11.3 Å². The monoisotopic (exact) mass is 446 g/mol. The van der Waals surface area contributed by atoms with Crippen LogP contribution in [0.5, 0.6) is 0 Å². The number of nitrogens with one attached hydrogen (secondary N) is 2. The van der Waals surface area contributed by atoms with Crippen LogP contribution in [0.25, 0.3) is 0 Å². The van der Waals surface area contributed by atoms with Gasteiger partial charge >= 0.3 is 0 Å². The van der Waals surface area contributed by atoms with Crippen LogP contribution in [0, 0.1) is 0 Å². The summed E-state index contributed by atoms with van der Waals surface area (Å²) in [6.07, 6.45) is 4.06. The molecule has 1 aromatic rings. The van der Waals surface area contributed by atoms with Crippen molar-refractivity contribution in [1.82, 2.24) is 15.5 Å². The Balaban J connectivity index is 0.00000288. The maximum absolute atomic E-state index is 5.66. The molecule has 1 heterocycles. The molecule has 2 rings (SSSR count). The minimum Gasteiger partial charge on any atom is -0.375 e. The molecule has 0 amide bonds. The first-order valence-electron chi connectivity index (χ1n) is 8.67. The van der Waals surface area contributed by atoms with Gasteiger partial charge in [-0.25, -0.2) is 0 Å². The molecule has 0 aliphatic carbocycles. The molecule has 1 aliphatic heterocycles. The Morgan fingerprint density at radius 3 is 2.50 bits per heavy atom. The van der Waals surface area contributed by atoms with Crippen LogP contribution in [-0.4, -0.2) is 57.2 Å². The molecule has 6 heteroatoms. The molecule has 0 radical (unpaired) electrons. The lowest BCUT2D eigenvalue weighted by Crippen LogP contribution is -2.43. The molecule has 1 aliphatic rings. The standard InChI is InChI=1S/C18H30N4O.HI/c1-19-18(20-10-14-22-12-6-3-7-13-22)21-11-15-23-16-17-8-4-2-5-9-17;/h2,4-5,8-9H,3,6-7,10-16H2,1H3,(H2,19,20,21);1H. The van der Waals surface area contributed by atoms with Crippen LogP contribution in [0.2, 0.25) is 0 Å². The summed E-state index contributed by atoms with van der Waals surface area (Å²) in [5, 5.41) is 6.66. The highest BCUT2D eigenvalue weighted by Crippen LogP contribution is 2.07. The molecule has 0 unspecified atom stereocenters. The Hall–Kier alpha value is -0.860. The van der Waals surface area contributed by atoms with Crippen molar-refractivity contribution in [3.05, 3.63) is 35.9 Å². The number of nitrogens with zero attached hydrogens (tertiary/aromatic N) is 2. The van der Waals surface area contributed by atoms with Crippen molar-refractivity contribution in [2.45, 2.75) is 25.9 Å². The highest BCUT2D eigenvalue weighted by Gasteiger charge is 2.09. The van der Waals surface area contributed by atoms with Crippen molar-refractivity contribution in [2.24, 2.45) is 4.99 Å². The summed E-state index contributed by atoms with van der Waals surface area (Å²) in [7, 11) is 1.81. The van der Waals surface area contributed by atoms with Crippen LogP contribution in [0.1, 0.15) is 24.8 Å². The lowest BCUT2D eigenvalue weighted by molar-refractivity contribution is 0.125. The number of ether oxygens (including phenoxy) is 1. The molecular formula is C18H31IN4O. The highest BCUT2D eigenvalue weighted by molar-refractivity contribution is 14.0. The van der Waals surface area contributed by atoms with Crippen LogP contribution in [0.15, 0.2) is 35.3 Å². The van der Waals surface area contributed by atoms with E-state index in [1.807, 2.05) is 18.2 Å². The second-order valence-electron chi connectivity index (χ2n) is 5.87. The molecule has 0 bridgehead atoms. The molecule has 2 N–H and O–H groups in total. The van der Waals surface area contributed by atoms with Gasteiger partial charge in [-0.2, -0.15) is 0 Å². The maximum atomic E-state index is 5.66. The quantitative estimate of drug-likeness (QED) is 0.279. The Kier molecular flexibility index (Phi) is 11.9. The zero-order chi connectivity index (χ0) is 16.2.